The number of nitrogens with zero attached hydrogens (tertiary/aromatic N) is 3. The fourth-order valence-corrected chi connectivity index (χ4v) is 2.58. The van der Waals surface area contributed by atoms with E-state index in [0.29, 0.717) is 11.4 Å². The Labute approximate surface area is 153 Å². The summed E-state index contributed by atoms with van der Waals surface area (Å²) in [5.74, 6) is 2.53. The molecule has 3 heterocycles. The van der Waals surface area contributed by atoms with Gasteiger partial charge in [-0.05, 0) is 52.0 Å². The molecule has 2 aromatic heterocycles. The minimum Gasteiger partial charge on any atom is -0.398 e. The third kappa shape index (κ3) is 3.43. The minimum absolute atomic E-state index is 0.225. The van der Waals surface area contributed by atoms with E-state index < -0.39 is 24.0 Å². The molecule has 2 aromatic rings. The lowest BCUT2D eigenvalue weighted by molar-refractivity contribution is 0.00578. The zero-order valence-corrected chi connectivity index (χ0v) is 15.4. The Hall–Kier alpha value is -2.43. The van der Waals surface area contributed by atoms with Gasteiger partial charge >= 0.3 is 7.12 Å². The van der Waals surface area contributed by atoms with Crippen molar-refractivity contribution in [2.75, 3.05) is 0 Å². The van der Waals surface area contributed by atoms with Crippen LogP contribution in [0.4, 0.5) is 4.39 Å². The van der Waals surface area contributed by atoms with E-state index in [1.165, 1.54) is 6.08 Å². The largest absolute Gasteiger partial charge is 0.525 e. The summed E-state index contributed by atoms with van der Waals surface area (Å²) >= 11 is 0. The van der Waals surface area contributed by atoms with Crippen molar-refractivity contribution in [3.8, 4) is 23.6 Å². The van der Waals surface area contributed by atoms with Crippen molar-refractivity contribution in [2.45, 2.75) is 45.4 Å². The fourth-order valence-electron chi connectivity index (χ4n) is 2.58. The molecule has 0 aromatic carbocycles. The van der Waals surface area contributed by atoms with Crippen LogP contribution < -0.4 is 0 Å². The fraction of sp³-hybridized carbons (Fsp3) is 0.368. The molecule has 0 radical (unpaired) electrons. The molecular formula is C19H21BFN3O2. The molecule has 1 saturated heterocycles. The van der Waals surface area contributed by atoms with Crippen molar-refractivity contribution >= 4 is 13.2 Å². The van der Waals surface area contributed by atoms with Crippen molar-refractivity contribution in [2.24, 2.45) is 0 Å². The van der Waals surface area contributed by atoms with Crippen LogP contribution in [0, 0.1) is 12.3 Å². The van der Waals surface area contributed by atoms with Gasteiger partial charge in [0.05, 0.1) is 22.6 Å². The van der Waals surface area contributed by atoms with Crippen LogP contribution in [0.1, 0.15) is 33.4 Å². The van der Waals surface area contributed by atoms with Gasteiger partial charge in [-0.15, -0.1) is 6.42 Å². The van der Waals surface area contributed by atoms with Crippen LogP contribution in [-0.4, -0.2) is 33.1 Å². The van der Waals surface area contributed by atoms with Crippen LogP contribution in [0.5, 0.6) is 0 Å². The molecule has 0 atom stereocenters. The lowest BCUT2D eigenvalue weighted by atomic mass is 9.87. The summed E-state index contributed by atoms with van der Waals surface area (Å²) in [6.07, 6.45) is 10.1. The van der Waals surface area contributed by atoms with Gasteiger partial charge in [0, 0.05) is 18.0 Å². The Morgan fingerprint density at radius 1 is 1.35 bits per heavy atom. The molecule has 1 aliphatic heterocycles. The first-order valence-corrected chi connectivity index (χ1v) is 8.38. The lowest BCUT2D eigenvalue weighted by Gasteiger charge is -2.32. The highest BCUT2D eigenvalue weighted by Crippen LogP contribution is 2.39. The Kier molecular flexibility index (Phi) is 4.74. The number of hydrogen-bond donors (Lipinski definition) is 0. The Morgan fingerprint density at radius 2 is 2.04 bits per heavy atom. The number of aromatic nitrogens is 3. The zero-order valence-electron chi connectivity index (χ0n) is 15.4. The van der Waals surface area contributed by atoms with E-state index in [2.05, 4.69) is 16.0 Å². The monoisotopic (exact) mass is 353 g/mol. The van der Waals surface area contributed by atoms with Crippen molar-refractivity contribution in [1.82, 2.24) is 14.8 Å². The van der Waals surface area contributed by atoms with Gasteiger partial charge < -0.3 is 9.31 Å². The standard InChI is InChI=1S/C19H21BFN3O2/c1-6-10-24-15(11-16(23-24)14-8-7-9-22-13-14)12-17(21)20-25-18(2,3)19(4,5)26-20/h1,7-9,11-13H,10H2,2-5H3. The van der Waals surface area contributed by atoms with E-state index in [-0.39, 0.29) is 6.54 Å². The van der Waals surface area contributed by atoms with Gasteiger partial charge in [-0.2, -0.15) is 5.10 Å². The van der Waals surface area contributed by atoms with E-state index in [1.54, 1.807) is 23.1 Å². The minimum atomic E-state index is -1.06. The number of hydrogen-bond acceptors (Lipinski definition) is 4. The first-order valence-electron chi connectivity index (χ1n) is 8.38. The SMILES string of the molecule is C#CCn1nc(-c2cccnc2)cc1C=C(F)B1OC(C)(C)C(C)(C)O1. The average Bonchev–Trinajstić information content (AvgIpc) is 3.07. The van der Waals surface area contributed by atoms with Gasteiger partial charge in [-0.3, -0.25) is 9.67 Å². The van der Waals surface area contributed by atoms with E-state index in [9.17, 15) is 4.39 Å². The second-order valence-corrected chi connectivity index (χ2v) is 7.18. The molecule has 134 valence electrons. The van der Waals surface area contributed by atoms with Crippen molar-refractivity contribution in [1.29, 1.82) is 0 Å². The molecule has 0 unspecified atom stereocenters. The zero-order chi connectivity index (χ0) is 18.9. The quantitative estimate of drug-likeness (QED) is 0.623. The smallest absolute Gasteiger partial charge is 0.398 e. The van der Waals surface area contributed by atoms with E-state index in [1.807, 2.05) is 39.8 Å². The highest BCUT2D eigenvalue weighted by Gasteiger charge is 2.53. The van der Waals surface area contributed by atoms with Crippen molar-refractivity contribution < 1.29 is 13.7 Å². The summed E-state index contributed by atoms with van der Waals surface area (Å²) < 4.78 is 27.9. The molecule has 0 saturated carbocycles. The van der Waals surface area contributed by atoms with Gasteiger partial charge in [0.1, 0.15) is 12.3 Å². The second kappa shape index (κ2) is 6.71. The van der Waals surface area contributed by atoms with E-state index in [0.717, 1.165) is 5.56 Å². The maximum Gasteiger partial charge on any atom is 0.525 e. The van der Waals surface area contributed by atoms with Crippen LogP contribution in [0.15, 0.2) is 36.3 Å². The van der Waals surface area contributed by atoms with Crippen LogP contribution in [0.2, 0.25) is 0 Å². The van der Waals surface area contributed by atoms with Gasteiger partial charge in [0.15, 0.2) is 0 Å². The summed E-state index contributed by atoms with van der Waals surface area (Å²) in [4.78, 5) is 4.08. The molecule has 0 N–H and O–H groups in total. The van der Waals surface area contributed by atoms with Gasteiger partial charge in [-0.25, -0.2) is 4.39 Å². The molecule has 3 rings (SSSR count). The summed E-state index contributed by atoms with van der Waals surface area (Å²) in [5, 5.41) is 4.45. The van der Waals surface area contributed by atoms with Gasteiger partial charge in [0.2, 0.25) is 0 Å². The Bertz CT molecular complexity index is 853. The number of pyridine rings is 1. The topological polar surface area (TPSA) is 49.2 Å². The molecule has 1 fully saturated rings. The second-order valence-electron chi connectivity index (χ2n) is 7.18. The molecule has 1 aliphatic rings. The molecule has 26 heavy (non-hydrogen) atoms. The average molecular weight is 353 g/mol. The summed E-state index contributed by atoms with van der Waals surface area (Å²) in [6, 6.07) is 5.46. The van der Waals surface area contributed by atoms with Crippen LogP contribution >= 0.6 is 0 Å². The number of rotatable bonds is 4. The third-order valence-electron chi connectivity index (χ3n) is 4.77. The number of halogens is 1. The molecule has 0 bridgehead atoms. The van der Waals surface area contributed by atoms with Crippen LogP contribution in [0.3, 0.4) is 0 Å². The molecule has 7 heteroatoms. The van der Waals surface area contributed by atoms with Gasteiger partial charge in [-0.1, -0.05) is 5.92 Å². The predicted octanol–water partition coefficient (Wildman–Crippen LogP) is 3.52. The van der Waals surface area contributed by atoms with E-state index in [4.69, 9.17) is 15.7 Å². The van der Waals surface area contributed by atoms with Crippen molar-refractivity contribution in [3.63, 3.8) is 0 Å². The third-order valence-corrected chi connectivity index (χ3v) is 4.77. The summed E-state index contributed by atoms with van der Waals surface area (Å²) in [7, 11) is -1.06. The summed E-state index contributed by atoms with van der Waals surface area (Å²) in [6.45, 7) is 7.74. The lowest BCUT2D eigenvalue weighted by Crippen LogP contribution is -2.41. The predicted molar refractivity (Wildman–Crippen MR) is 99.5 cm³/mol. The first-order chi connectivity index (χ1) is 12.2. The Balaban J connectivity index is 1.92. The molecule has 0 spiro atoms. The van der Waals surface area contributed by atoms with Crippen molar-refractivity contribution in [3.05, 3.63) is 42.0 Å². The molecular weight excluding hydrogens is 332 g/mol. The van der Waals surface area contributed by atoms with Crippen LogP contribution in [-0.2, 0) is 15.9 Å². The highest BCUT2D eigenvalue weighted by molar-refractivity contribution is 6.54. The molecule has 0 aliphatic carbocycles. The highest BCUT2D eigenvalue weighted by atomic mass is 19.1. The Morgan fingerprint density at radius 3 is 2.62 bits per heavy atom. The number of terminal acetylenes is 1. The molecule has 5 nitrogen and oxygen atoms in total. The summed E-state index contributed by atoms with van der Waals surface area (Å²) in [5.41, 5.74) is 0.287. The van der Waals surface area contributed by atoms with Gasteiger partial charge in [0.25, 0.3) is 0 Å². The maximum atomic E-state index is 14.8. The maximum absolute atomic E-state index is 14.8. The normalized spacial score (nSPS) is 18.8. The first kappa shape index (κ1) is 18.4. The van der Waals surface area contributed by atoms with Crippen LogP contribution in [0.25, 0.3) is 17.3 Å². The molecule has 0 amide bonds. The van der Waals surface area contributed by atoms with E-state index >= 15 is 0 Å².